The molecule has 4 aromatic rings. The normalized spacial score (nSPS) is 19.9. The molecule has 3 fully saturated rings. The molecular formula is C58H69F2N11O11. The van der Waals surface area contributed by atoms with E-state index < -0.39 is 73.1 Å². The first-order valence-corrected chi connectivity index (χ1v) is 27.3. The molecule has 22 nitrogen and oxygen atoms in total. The summed E-state index contributed by atoms with van der Waals surface area (Å²) < 4.78 is 27.8. The molecule has 7 N–H and O–H groups in total. The Bertz CT molecular complexity index is 2970. The van der Waals surface area contributed by atoms with Crippen molar-refractivity contribution in [2.75, 3.05) is 103 Å². The fourth-order valence-electron chi connectivity index (χ4n) is 10.4. The average molecular weight is 1130 g/mol. The predicted molar refractivity (Wildman–Crippen MR) is 298 cm³/mol. The van der Waals surface area contributed by atoms with E-state index in [1.165, 1.54) is 18.5 Å². The van der Waals surface area contributed by atoms with E-state index >= 15 is 0 Å². The highest BCUT2D eigenvalue weighted by atomic mass is 19.3. The zero-order valence-corrected chi connectivity index (χ0v) is 45.4. The number of rotatable bonds is 21. The number of aromatic nitrogens is 1. The molecule has 0 unspecified atom stereocenters. The Morgan fingerprint density at radius 2 is 1.30 bits per heavy atom. The first-order valence-electron chi connectivity index (χ1n) is 27.3. The number of nitrogens with one attached hydrogen (secondary N) is 4. The van der Waals surface area contributed by atoms with Crippen molar-refractivity contribution < 1.29 is 62.5 Å². The van der Waals surface area contributed by atoms with Crippen LogP contribution in [0.1, 0.15) is 59.2 Å². The Labute approximate surface area is 473 Å². The monoisotopic (exact) mass is 1130 g/mol. The van der Waals surface area contributed by atoms with Crippen molar-refractivity contribution in [3.8, 4) is 6.07 Å². The van der Waals surface area contributed by atoms with Crippen LogP contribution in [0.4, 0.5) is 14.5 Å². The lowest BCUT2D eigenvalue weighted by molar-refractivity contribution is -0.140. The third-order valence-corrected chi connectivity index (χ3v) is 14.9. The van der Waals surface area contributed by atoms with Crippen LogP contribution in [0.5, 0.6) is 0 Å². The largest absolute Gasteiger partial charge is 0.480 e. The lowest BCUT2D eigenvalue weighted by Crippen LogP contribution is -2.50. The van der Waals surface area contributed by atoms with Gasteiger partial charge in [-0.3, -0.25) is 62.9 Å². The van der Waals surface area contributed by atoms with Crippen molar-refractivity contribution in [1.29, 1.82) is 5.26 Å². The molecule has 0 spiro atoms. The second-order valence-electron chi connectivity index (χ2n) is 21.1. The van der Waals surface area contributed by atoms with E-state index in [1.54, 1.807) is 57.2 Å². The van der Waals surface area contributed by atoms with Gasteiger partial charge in [-0.1, -0.05) is 66.7 Å². The van der Waals surface area contributed by atoms with Crippen LogP contribution in [0.3, 0.4) is 0 Å². The van der Waals surface area contributed by atoms with Gasteiger partial charge in [-0.15, -0.1) is 0 Å². The quantitative estimate of drug-likeness (QED) is 0.0631. The summed E-state index contributed by atoms with van der Waals surface area (Å²) in [5, 5.41) is 51.3. The molecule has 2 aliphatic heterocycles. The Morgan fingerprint density at radius 3 is 1.89 bits per heavy atom. The second kappa shape index (κ2) is 29.5. The maximum Gasteiger partial charge on any atom is 0.317 e. The molecule has 7 rings (SSSR count). The number of anilines is 1. The van der Waals surface area contributed by atoms with E-state index in [9.17, 15) is 67.7 Å². The number of halogens is 2. The van der Waals surface area contributed by atoms with E-state index in [0.717, 1.165) is 21.2 Å². The molecule has 0 radical (unpaired) electrons. The molecule has 24 heteroatoms. The highest BCUT2D eigenvalue weighted by molar-refractivity contribution is 6.00. The summed E-state index contributed by atoms with van der Waals surface area (Å²) >= 11 is 0. The van der Waals surface area contributed by atoms with E-state index in [4.69, 9.17) is 0 Å². The molecule has 436 valence electrons. The topological polar surface area (TPSA) is 298 Å². The number of amides is 5. The van der Waals surface area contributed by atoms with Gasteiger partial charge in [-0.2, -0.15) is 5.26 Å². The van der Waals surface area contributed by atoms with Crippen molar-refractivity contribution in [1.82, 2.24) is 45.4 Å². The molecule has 1 saturated carbocycles. The zero-order valence-electron chi connectivity index (χ0n) is 45.4. The van der Waals surface area contributed by atoms with Crippen molar-refractivity contribution in [2.24, 2.45) is 11.8 Å². The molecule has 5 amide bonds. The maximum atomic E-state index is 14.2. The molecule has 82 heavy (non-hydrogen) atoms. The molecule has 3 aliphatic rings. The minimum atomic E-state index is -3.19. The number of nitriles is 1. The lowest BCUT2D eigenvalue weighted by atomic mass is 9.81. The van der Waals surface area contributed by atoms with Crippen molar-refractivity contribution >= 4 is 76.1 Å². The SMILES string of the molecule is N#C[C@@H]1CC(F)(F)CN1C(=O)CNC(=O)c1ccncc1/C=C/c1ccc(NC(=O)[C@H](Cc2ccc3ccccc3c2)NC(=O)C2CCC(CNC(=O)CN3CCN(CC(=O)O)CCN(CC(=O)O)CCN(CC(=O)O)CC3)CC2)cc1. The smallest absolute Gasteiger partial charge is 0.317 e. The van der Waals surface area contributed by atoms with E-state index in [-0.39, 0.29) is 101 Å². The summed E-state index contributed by atoms with van der Waals surface area (Å²) in [7, 11) is 0. The zero-order chi connectivity index (χ0) is 58.8. The van der Waals surface area contributed by atoms with Gasteiger partial charge in [0.1, 0.15) is 12.1 Å². The van der Waals surface area contributed by atoms with Crippen LogP contribution >= 0.6 is 0 Å². The van der Waals surface area contributed by atoms with Gasteiger partial charge in [0.05, 0.1) is 45.3 Å². The summed E-state index contributed by atoms with van der Waals surface area (Å²) in [5.41, 5.74) is 2.54. The summed E-state index contributed by atoms with van der Waals surface area (Å²) in [6, 6.07) is 21.5. The van der Waals surface area contributed by atoms with Crippen LogP contribution in [0.15, 0.2) is 85.2 Å². The average Bonchev–Trinajstić information content (AvgIpc) is 4.05. The van der Waals surface area contributed by atoms with Gasteiger partial charge in [0, 0.05) is 107 Å². The number of carbonyl (C=O) groups excluding carboxylic acids is 5. The summed E-state index contributed by atoms with van der Waals surface area (Å²) in [6.45, 7) is 0.250. The van der Waals surface area contributed by atoms with Crippen molar-refractivity contribution in [3.05, 3.63) is 107 Å². The van der Waals surface area contributed by atoms with E-state index in [2.05, 4.69) is 26.3 Å². The maximum absolute atomic E-state index is 14.2. The predicted octanol–water partition coefficient (Wildman–Crippen LogP) is 2.96. The first-order chi connectivity index (χ1) is 39.3. The number of benzene rings is 3. The minimum Gasteiger partial charge on any atom is -0.480 e. The van der Waals surface area contributed by atoms with Crippen LogP contribution in [0, 0.1) is 23.2 Å². The number of alkyl halides is 2. The van der Waals surface area contributed by atoms with E-state index in [1.807, 2.05) is 47.4 Å². The van der Waals surface area contributed by atoms with E-state index in [0.29, 0.717) is 62.1 Å². The molecule has 1 aliphatic carbocycles. The fraction of sp³-hybridized carbons (Fsp3) is 0.448. The van der Waals surface area contributed by atoms with Crippen molar-refractivity contribution in [3.63, 3.8) is 0 Å². The highest BCUT2D eigenvalue weighted by Gasteiger charge is 2.47. The third-order valence-electron chi connectivity index (χ3n) is 14.9. The number of carboxylic acid groups (broad SMARTS) is 3. The minimum absolute atomic E-state index is 0.0160. The number of aliphatic carboxylic acids is 3. The number of fused-ring (bicyclic) bond motifs is 1. The molecule has 2 atom stereocenters. The summed E-state index contributed by atoms with van der Waals surface area (Å²) in [6.07, 6.45) is 7.95. The summed E-state index contributed by atoms with van der Waals surface area (Å²) in [4.78, 5) is 114. The van der Waals surface area contributed by atoms with Gasteiger partial charge in [0.25, 0.3) is 11.8 Å². The lowest BCUT2D eigenvalue weighted by Gasteiger charge is -2.33. The van der Waals surface area contributed by atoms with Gasteiger partial charge >= 0.3 is 17.9 Å². The third kappa shape index (κ3) is 18.9. The van der Waals surface area contributed by atoms with Crippen LogP contribution in [-0.4, -0.2) is 208 Å². The molecule has 3 aromatic carbocycles. The number of nitrogens with zero attached hydrogens (tertiary/aromatic N) is 7. The Hall–Kier alpha value is -8.24. The number of pyridine rings is 1. The number of likely N-dealkylation sites (tertiary alicyclic amines) is 1. The highest BCUT2D eigenvalue weighted by Crippen LogP contribution is 2.32. The second-order valence-corrected chi connectivity index (χ2v) is 21.1. The Balaban J connectivity index is 0.926. The van der Waals surface area contributed by atoms with Crippen LogP contribution in [0.2, 0.25) is 0 Å². The number of carboxylic acids is 3. The molecule has 3 heterocycles. The van der Waals surface area contributed by atoms with Crippen molar-refractivity contribution in [2.45, 2.75) is 56.5 Å². The fourth-order valence-corrected chi connectivity index (χ4v) is 10.4. The number of hydrogen-bond acceptors (Lipinski definition) is 14. The van der Waals surface area contributed by atoms with Crippen LogP contribution < -0.4 is 21.3 Å². The van der Waals surface area contributed by atoms with Crippen LogP contribution in [-0.2, 0) is 40.0 Å². The van der Waals surface area contributed by atoms with Crippen LogP contribution in [0.25, 0.3) is 22.9 Å². The summed E-state index contributed by atoms with van der Waals surface area (Å²) in [5.74, 6) is -9.05. The number of carbonyl (C=O) groups is 8. The molecule has 0 bridgehead atoms. The molecular weight excluding hydrogens is 1060 g/mol. The van der Waals surface area contributed by atoms with Gasteiger partial charge < -0.3 is 41.5 Å². The standard InChI is InChI=1S/C58H69F2N11O11/c59-58(60)29-47(30-61)71(38-58)51(73)33-64-56(81)48-17-18-62-32-45(48)14-5-39-9-15-46(16-10-39)65-57(82)49(28-41-8-11-42-3-1-2-4-44(42)27-41)66-55(80)43-12-6-40(7-13-43)31-63-50(72)34-67-19-21-68(35-52(74)75)23-25-70(37-54(78)79)26-24-69(22-20-67)36-53(76)77/h1-5,8-11,14-18,27,32,40,43,47,49H,6-7,12-13,19-26,28-29,31,33-38H2,(H,63,72)(H,64,81)(H,65,82)(H,66,80)(H,74,75)(H,76,77)(H,78,79)/b14-5+/t40?,43?,47-,49-/m0/s1. The molecule has 2 saturated heterocycles. The van der Waals surface area contributed by atoms with Gasteiger partial charge in [-0.05, 0) is 71.7 Å². The van der Waals surface area contributed by atoms with Gasteiger partial charge in [0.2, 0.25) is 23.6 Å². The number of hydrogen-bond donors (Lipinski definition) is 7. The first kappa shape index (κ1) is 61.4. The molecule has 1 aromatic heterocycles. The van der Waals surface area contributed by atoms with Gasteiger partial charge in [-0.25, -0.2) is 8.78 Å². The van der Waals surface area contributed by atoms with Gasteiger partial charge in [0.15, 0.2) is 0 Å². The Kier molecular flexibility index (Phi) is 22.1. The Morgan fingerprint density at radius 1 is 0.720 bits per heavy atom.